The molecular weight excluding hydrogens is 215 g/mol. The van der Waals surface area contributed by atoms with Gasteiger partial charge in [-0.1, -0.05) is 0 Å². The zero-order valence-electron chi connectivity index (χ0n) is 9.36. The van der Waals surface area contributed by atoms with Crippen LogP contribution in [-0.4, -0.2) is 56.1 Å². The fraction of sp³-hybridized carbons (Fsp3) is 0.889. The third kappa shape index (κ3) is 3.11. The lowest BCUT2D eigenvalue weighted by atomic mass is 10.1. The minimum absolute atomic E-state index is 0.0251. The van der Waals surface area contributed by atoms with Crippen LogP contribution in [0.3, 0.4) is 0 Å². The second-order valence-electron chi connectivity index (χ2n) is 3.75. The molecule has 1 fully saturated rings. The molecule has 7 heteroatoms. The van der Waals surface area contributed by atoms with E-state index in [9.17, 15) is 9.18 Å². The highest BCUT2D eigenvalue weighted by atomic mass is 19.1. The summed E-state index contributed by atoms with van der Waals surface area (Å²) in [7, 11) is 1.47. The average Bonchev–Trinajstić information content (AvgIpc) is 2.28. The Bertz CT molecular complexity index is 242. The third-order valence-corrected chi connectivity index (χ3v) is 2.70. The monoisotopic (exact) mass is 234 g/mol. The lowest BCUT2D eigenvalue weighted by Crippen LogP contribution is -2.57. The fourth-order valence-corrected chi connectivity index (χ4v) is 1.76. The summed E-state index contributed by atoms with van der Waals surface area (Å²) in [5.74, 6) is -0.331. The number of carbonyl (C=O) groups excluding carboxylic acids is 1. The molecule has 0 bridgehead atoms. The van der Waals surface area contributed by atoms with Crippen molar-refractivity contribution >= 4 is 5.91 Å². The molecule has 0 aromatic carbocycles. The molecule has 1 aliphatic rings. The van der Waals surface area contributed by atoms with Crippen LogP contribution in [0.1, 0.15) is 6.42 Å². The molecule has 1 aliphatic heterocycles. The second kappa shape index (κ2) is 6.09. The molecule has 0 radical (unpaired) electrons. The fourth-order valence-electron chi connectivity index (χ4n) is 1.76. The summed E-state index contributed by atoms with van der Waals surface area (Å²) in [5.41, 5.74) is 10.7. The van der Waals surface area contributed by atoms with Crippen molar-refractivity contribution < 1.29 is 13.9 Å². The highest BCUT2D eigenvalue weighted by Crippen LogP contribution is 2.16. The number of amides is 1. The number of likely N-dealkylation sites (tertiary alicyclic amines) is 1. The van der Waals surface area contributed by atoms with E-state index in [1.165, 1.54) is 12.0 Å². The number of carbonyl (C=O) groups is 1. The first-order valence-electron chi connectivity index (χ1n) is 5.24. The number of methoxy groups -OCH3 is 1. The summed E-state index contributed by atoms with van der Waals surface area (Å²) in [5, 5.41) is 2.59. The van der Waals surface area contributed by atoms with Crippen molar-refractivity contribution in [3.05, 3.63) is 0 Å². The molecule has 5 N–H and O–H groups in total. The summed E-state index contributed by atoms with van der Waals surface area (Å²) in [6, 6.07) is 0. The van der Waals surface area contributed by atoms with E-state index in [-0.39, 0.29) is 19.1 Å². The lowest BCUT2D eigenvalue weighted by Gasteiger charge is -2.35. The molecule has 94 valence electrons. The number of halogens is 1. The number of nitrogens with zero attached hydrogens (tertiary/aromatic N) is 1. The number of nitrogens with two attached hydrogens (primary N) is 2. The van der Waals surface area contributed by atoms with Crippen LogP contribution in [0.25, 0.3) is 0 Å². The van der Waals surface area contributed by atoms with Gasteiger partial charge < -0.3 is 21.1 Å². The van der Waals surface area contributed by atoms with E-state index in [1.807, 2.05) is 0 Å². The van der Waals surface area contributed by atoms with Gasteiger partial charge in [-0.2, -0.15) is 0 Å². The van der Waals surface area contributed by atoms with Crippen LogP contribution >= 0.6 is 0 Å². The molecule has 3 atom stereocenters. The predicted octanol–water partition coefficient (Wildman–Crippen LogP) is -1.64. The molecule has 1 amide bonds. The summed E-state index contributed by atoms with van der Waals surface area (Å²) in [4.78, 5) is 13.1. The molecule has 1 saturated heterocycles. The quantitative estimate of drug-likeness (QED) is 0.507. The standard InChI is InChI=1S/C9H19FN4O2/c1-16-7-2-3-14(4-6(7)10)9(15)8(12)13-5-11/h6-8,13H,2-5,11-12H2,1H3/t6-,7+,8?/m1/s1. The van der Waals surface area contributed by atoms with Gasteiger partial charge in [0.05, 0.1) is 12.6 Å². The van der Waals surface area contributed by atoms with Crippen LogP contribution in [0.2, 0.25) is 0 Å². The highest BCUT2D eigenvalue weighted by molar-refractivity contribution is 5.81. The van der Waals surface area contributed by atoms with E-state index in [0.29, 0.717) is 13.0 Å². The van der Waals surface area contributed by atoms with Crippen LogP contribution in [0.4, 0.5) is 4.39 Å². The molecule has 1 rings (SSSR count). The van der Waals surface area contributed by atoms with E-state index in [2.05, 4.69) is 5.32 Å². The minimum atomic E-state index is -1.16. The molecule has 0 aromatic heterocycles. The Balaban J connectivity index is 2.47. The Hall–Kier alpha value is -0.760. The molecule has 1 unspecified atom stereocenters. The van der Waals surface area contributed by atoms with Crippen LogP contribution in [0.15, 0.2) is 0 Å². The van der Waals surface area contributed by atoms with Gasteiger partial charge in [-0.3, -0.25) is 10.1 Å². The predicted molar refractivity (Wildman–Crippen MR) is 57.1 cm³/mol. The van der Waals surface area contributed by atoms with Gasteiger partial charge in [0.2, 0.25) is 0 Å². The maximum atomic E-state index is 13.5. The summed E-state index contributed by atoms with van der Waals surface area (Å²) < 4.78 is 18.5. The maximum absolute atomic E-state index is 13.5. The molecule has 0 aromatic rings. The van der Waals surface area contributed by atoms with Gasteiger partial charge in [-0.25, -0.2) is 4.39 Å². The van der Waals surface area contributed by atoms with Gasteiger partial charge in [0.25, 0.3) is 5.91 Å². The topological polar surface area (TPSA) is 93.6 Å². The van der Waals surface area contributed by atoms with Crippen LogP contribution in [0.5, 0.6) is 0 Å². The number of hydrogen-bond donors (Lipinski definition) is 3. The first-order valence-corrected chi connectivity index (χ1v) is 5.24. The van der Waals surface area contributed by atoms with Gasteiger partial charge in [0, 0.05) is 20.3 Å². The normalized spacial score (nSPS) is 27.9. The van der Waals surface area contributed by atoms with E-state index in [1.54, 1.807) is 0 Å². The first-order chi connectivity index (χ1) is 7.60. The number of nitrogens with one attached hydrogen (secondary N) is 1. The van der Waals surface area contributed by atoms with Gasteiger partial charge in [-0.05, 0) is 6.42 Å². The van der Waals surface area contributed by atoms with Crippen LogP contribution < -0.4 is 16.8 Å². The van der Waals surface area contributed by atoms with Gasteiger partial charge >= 0.3 is 0 Å². The SMILES string of the molecule is CO[C@H]1CCN(C(=O)C(N)NCN)C[C@H]1F. The average molecular weight is 234 g/mol. The number of hydrogen-bond acceptors (Lipinski definition) is 5. The zero-order chi connectivity index (χ0) is 12.1. The summed E-state index contributed by atoms with van der Waals surface area (Å²) in [6.45, 7) is 0.593. The van der Waals surface area contributed by atoms with Gasteiger partial charge in [0.1, 0.15) is 12.3 Å². The number of rotatable bonds is 4. The highest BCUT2D eigenvalue weighted by Gasteiger charge is 2.32. The lowest BCUT2D eigenvalue weighted by molar-refractivity contribution is -0.138. The van der Waals surface area contributed by atoms with Gasteiger partial charge in [-0.15, -0.1) is 0 Å². The smallest absolute Gasteiger partial charge is 0.254 e. The molecule has 1 heterocycles. The molecule has 0 saturated carbocycles. The van der Waals surface area contributed by atoms with E-state index < -0.39 is 18.4 Å². The Kier molecular flexibility index (Phi) is 5.07. The van der Waals surface area contributed by atoms with Crippen molar-refractivity contribution in [1.29, 1.82) is 0 Å². The largest absolute Gasteiger partial charge is 0.378 e. The van der Waals surface area contributed by atoms with Crippen molar-refractivity contribution in [1.82, 2.24) is 10.2 Å². The van der Waals surface area contributed by atoms with Crippen molar-refractivity contribution in [2.75, 3.05) is 26.9 Å². The first kappa shape index (κ1) is 13.3. The Morgan fingerprint density at radius 3 is 2.94 bits per heavy atom. The number of ether oxygens (including phenoxy) is 1. The van der Waals surface area contributed by atoms with Crippen molar-refractivity contribution in [2.24, 2.45) is 11.5 Å². The molecular formula is C9H19FN4O2. The Labute approximate surface area is 94.1 Å². The maximum Gasteiger partial charge on any atom is 0.254 e. The Morgan fingerprint density at radius 2 is 2.44 bits per heavy atom. The number of alkyl halides is 1. The van der Waals surface area contributed by atoms with Gasteiger partial charge in [0.15, 0.2) is 0 Å². The minimum Gasteiger partial charge on any atom is -0.378 e. The second-order valence-corrected chi connectivity index (χ2v) is 3.75. The van der Waals surface area contributed by atoms with E-state index in [4.69, 9.17) is 16.2 Å². The molecule has 0 spiro atoms. The molecule has 6 nitrogen and oxygen atoms in total. The summed E-state index contributed by atoms with van der Waals surface area (Å²) >= 11 is 0. The van der Waals surface area contributed by atoms with Crippen molar-refractivity contribution in [2.45, 2.75) is 24.9 Å². The van der Waals surface area contributed by atoms with Crippen LogP contribution in [-0.2, 0) is 9.53 Å². The van der Waals surface area contributed by atoms with E-state index in [0.717, 1.165) is 0 Å². The Morgan fingerprint density at radius 1 is 1.75 bits per heavy atom. The molecule has 16 heavy (non-hydrogen) atoms. The van der Waals surface area contributed by atoms with E-state index >= 15 is 0 Å². The third-order valence-electron chi connectivity index (χ3n) is 2.70. The van der Waals surface area contributed by atoms with Crippen LogP contribution in [0, 0.1) is 0 Å². The molecule has 0 aliphatic carbocycles. The summed E-state index contributed by atoms with van der Waals surface area (Å²) in [6.07, 6.45) is -1.97. The zero-order valence-corrected chi connectivity index (χ0v) is 9.36. The number of piperidine rings is 1. The van der Waals surface area contributed by atoms with Crippen molar-refractivity contribution in [3.63, 3.8) is 0 Å². The van der Waals surface area contributed by atoms with Crippen molar-refractivity contribution in [3.8, 4) is 0 Å².